The van der Waals surface area contributed by atoms with Crippen LogP contribution in [0, 0.1) is 13.8 Å². The Bertz CT molecular complexity index is 1080. The molecule has 0 fully saturated rings. The second kappa shape index (κ2) is 7.59. The van der Waals surface area contributed by atoms with Crippen molar-refractivity contribution in [2.45, 2.75) is 31.2 Å². The number of nitrogens with zero attached hydrogens (tertiary/aromatic N) is 5. The Morgan fingerprint density at radius 3 is 2.07 bits per heavy atom. The van der Waals surface area contributed by atoms with E-state index in [1.54, 1.807) is 11.8 Å². The van der Waals surface area contributed by atoms with Crippen LogP contribution in [-0.2, 0) is 7.05 Å². The molecular weight excluding hydrogens is 370 g/mol. The molecule has 2 aromatic carbocycles. The molecule has 28 heavy (non-hydrogen) atoms. The molecule has 0 N–H and O–H groups in total. The standard InChI is InChI=1S/C21H21N5OS/c1-13-5-9-16(10-6-13)18-22-25-21(26(18)4)28-15(3)19-23-24-20(27-19)17-11-7-14(2)8-12-17/h5-12,15H,1-4H3. The third-order valence-electron chi connectivity index (χ3n) is 4.51. The first-order valence-electron chi connectivity index (χ1n) is 9.05. The number of rotatable bonds is 5. The third-order valence-corrected chi connectivity index (χ3v) is 5.64. The third kappa shape index (κ3) is 3.71. The SMILES string of the molecule is Cc1ccc(-c2nnc(C(C)Sc3nnc(-c4ccc(C)cc4)n3C)o2)cc1. The largest absolute Gasteiger partial charge is 0.419 e. The average Bonchev–Trinajstić information content (AvgIpc) is 3.31. The predicted molar refractivity (Wildman–Crippen MR) is 110 cm³/mol. The van der Waals surface area contributed by atoms with Crippen molar-refractivity contribution in [1.29, 1.82) is 0 Å². The molecule has 4 aromatic rings. The van der Waals surface area contributed by atoms with Crippen LogP contribution in [0.4, 0.5) is 0 Å². The minimum absolute atomic E-state index is 0.0412. The molecular formula is C21H21N5OS. The van der Waals surface area contributed by atoms with E-state index in [1.165, 1.54) is 11.1 Å². The minimum Gasteiger partial charge on any atom is -0.419 e. The molecule has 6 nitrogen and oxygen atoms in total. The second-order valence-corrected chi connectivity index (χ2v) is 8.11. The lowest BCUT2D eigenvalue weighted by molar-refractivity contribution is 0.508. The summed E-state index contributed by atoms with van der Waals surface area (Å²) >= 11 is 1.55. The van der Waals surface area contributed by atoms with Crippen LogP contribution in [0.3, 0.4) is 0 Å². The highest BCUT2D eigenvalue weighted by Crippen LogP contribution is 2.35. The van der Waals surface area contributed by atoms with Crippen LogP contribution >= 0.6 is 11.8 Å². The summed E-state index contributed by atoms with van der Waals surface area (Å²) < 4.78 is 7.88. The van der Waals surface area contributed by atoms with E-state index in [2.05, 4.69) is 51.6 Å². The maximum atomic E-state index is 5.89. The van der Waals surface area contributed by atoms with E-state index in [0.717, 1.165) is 22.1 Å². The van der Waals surface area contributed by atoms with Crippen LogP contribution in [0.5, 0.6) is 0 Å². The van der Waals surface area contributed by atoms with E-state index in [1.807, 2.05) is 49.7 Å². The fourth-order valence-electron chi connectivity index (χ4n) is 2.79. The zero-order valence-corrected chi connectivity index (χ0v) is 17.1. The molecule has 0 aliphatic rings. The van der Waals surface area contributed by atoms with Gasteiger partial charge in [0.1, 0.15) is 0 Å². The highest BCUT2D eigenvalue weighted by molar-refractivity contribution is 7.99. The van der Waals surface area contributed by atoms with Crippen LogP contribution < -0.4 is 0 Å². The molecule has 1 unspecified atom stereocenters. The van der Waals surface area contributed by atoms with Gasteiger partial charge in [0, 0.05) is 18.2 Å². The lowest BCUT2D eigenvalue weighted by Gasteiger charge is -2.07. The van der Waals surface area contributed by atoms with Crippen LogP contribution in [0.15, 0.2) is 58.1 Å². The first-order valence-corrected chi connectivity index (χ1v) is 9.93. The first-order chi connectivity index (χ1) is 13.5. The van der Waals surface area contributed by atoms with Gasteiger partial charge in [0.05, 0.1) is 5.25 Å². The van der Waals surface area contributed by atoms with Gasteiger partial charge in [0.25, 0.3) is 0 Å². The smallest absolute Gasteiger partial charge is 0.247 e. The fourth-order valence-corrected chi connectivity index (χ4v) is 3.64. The quantitative estimate of drug-likeness (QED) is 0.446. The van der Waals surface area contributed by atoms with Crippen molar-refractivity contribution in [3.05, 3.63) is 65.5 Å². The topological polar surface area (TPSA) is 69.6 Å². The molecule has 2 heterocycles. The van der Waals surface area contributed by atoms with E-state index in [9.17, 15) is 0 Å². The molecule has 0 spiro atoms. The summed E-state index contributed by atoms with van der Waals surface area (Å²) in [6.07, 6.45) is 0. The van der Waals surface area contributed by atoms with Crippen LogP contribution in [0.25, 0.3) is 22.8 Å². The molecule has 0 aliphatic heterocycles. The Morgan fingerprint density at radius 2 is 1.43 bits per heavy atom. The summed E-state index contributed by atoms with van der Waals surface area (Å²) in [4.78, 5) is 0. The molecule has 1 atom stereocenters. The maximum Gasteiger partial charge on any atom is 0.247 e. The van der Waals surface area contributed by atoms with E-state index in [0.29, 0.717) is 11.8 Å². The fraction of sp³-hybridized carbons (Fsp3) is 0.238. The highest BCUT2D eigenvalue weighted by atomic mass is 32.2. The van der Waals surface area contributed by atoms with Crippen molar-refractivity contribution in [2.75, 3.05) is 0 Å². The number of thioether (sulfide) groups is 1. The van der Waals surface area contributed by atoms with E-state index < -0.39 is 0 Å². The van der Waals surface area contributed by atoms with Crippen LogP contribution in [0.2, 0.25) is 0 Å². The number of benzene rings is 2. The van der Waals surface area contributed by atoms with Gasteiger partial charge in [-0.2, -0.15) is 0 Å². The maximum absolute atomic E-state index is 5.89. The Kier molecular flexibility index (Phi) is 5.00. The summed E-state index contributed by atoms with van der Waals surface area (Å²) in [6, 6.07) is 16.3. The Morgan fingerprint density at radius 1 is 0.821 bits per heavy atom. The molecule has 0 saturated carbocycles. The van der Waals surface area contributed by atoms with Crippen molar-refractivity contribution < 1.29 is 4.42 Å². The highest BCUT2D eigenvalue weighted by Gasteiger charge is 2.20. The first kappa shape index (κ1) is 18.4. The normalized spacial score (nSPS) is 12.3. The lowest BCUT2D eigenvalue weighted by Crippen LogP contribution is -1.97. The van der Waals surface area contributed by atoms with Gasteiger partial charge < -0.3 is 8.98 Å². The monoisotopic (exact) mass is 391 g/mol. The number of hydrogen-bond acceptors (Lipinski definition) is 6. The van der Waals surface area contributed by atoms with E-state index in [-0.39, 0.29) is 5.25 Å². The van der Waals surface area contributed by atoms with Gasteiger partial charge in [-0.25, -0.2) is 0 Å². The van der Waals surface area contributed by atoms with Gasteiger partial charge in [0.2, 0.25) is 11.8 Å². The van der Waals surface area contributed by atoms with Crippen molar-refractivity contribution in [3.63, 3.8) is 0 Å². The molecule has 142 valence electrons. The summed E-state index contributed by atoms with van der Waals surface area (Å²) in [5.41, 5.74) is 4.37. The van der Waals surface area contributed by atoms with Crippen molar-refractivity contribution in [1.82, 2.24) is 25.0 Å². The average molecular weight is 392 g/mol. The summed E-state index contributed by atoms with van der Waals surface area (Å²) in [6.45, 7) is 6.14. The molecule has 4 rings (SSSR count). The Balaban J connectivity index is 1.52. The van der Waals surface area contributed by atoms with E-state index >= 15 is 0 Å². The molecule has 7 heteroatoms. The molecule has 0 amide bonds. The molecule has 0 saturated heterocycles. The minimum atomic E-state index is -0.0412. The van der Waals surface area contributed by atoms with Crippen molar-refractivity contribution in [2.24, 2.45) is 7.05 Å². The van der Waals surface area contributed by atoms with E-state index in [4.69, 9.17) is 4.42 Å². The van der Waals surface area contributed by atoms with Gasteiger partial charge in [-0.3, -0.25) is 0 Å². The van der Waals surface area contributed by atoms with Gasteiger partial charge in [-0.1, -0.05) is 59.3 Å². The zero-order valence-electron chi connectivity index (χ0n) is 16.2. The molecule has 0 aliphatic carbocycles. The zero-order chi connectivity index (χ0) is 19.7. The summed E-state index contributed by atoms with van der Waals surface area (Å²) in [5.74, 6) is 1.93. The Labute approximate surface area is 168 Å². The lowest BCUT2D eigenvalue weighted by atomic mass is 10.1. The molecule has 0 bridgehead atoms. The van der Waals surface area contributed by atoms with Gasteiger partial charge in [0.15, 0.2) is 11.0 Å². The number of aromatic nitrogens is 5. The van der Waals surface area contributed by atoms with Gasteiger partial charge in [-0.15, -0.1) is 20.4 Å². The molecule has 0 radical (unpaired) electrons. The summed E-state index contributed by atoms with van der Waals surface area (Å²) in [5, 5.41) is 17.9. The van der Waals surface area contributed by atoms with Crippen molar-refractivity contribution in [3.8, 4) is 22.8 Å². The Hall–Kier alpha value is -2.93. The van der Waals surface area contributed by atoms with Crippen LogP contribution in [-0.4, -0.2) is 25.0 Å². The van der Waals surface area contributed by atoms with Crippen molar-refractivity contribution >= 4 is 11.8 Å². The van der Waals surface area contributed by atoms with Crippen LogP contribution in [0.1, 0.15) is 29.2 Å². The van der Waals surface area contributed by atoms with Gasteiger partial charge >= 0.3 is 0 Å². The molecule has 2 aromatic heterocycles. The number of hydrogen-bond donors (Lipinski definition) is 0. The predicted octanol–water partition coefficient (Wildman–Crippen LogP) is 5.00. The van der Waals surface area contributed by atoms with Gasteiger partial charge in [-0.05, 0) is 32.9 Å². The number of aryl methyl sites for hydroxylation is 2. The summed E-state index contributed by atoms with van der Waals surface area (Å²) in [7, 11) is 1.97. The second-order valence-electron chi connectivity index (χ2n) is 6.80.